The highest BCUT2D eigenvalue weighted by atomic mass is 35.5. The number of pyridine rings is 1. The van der Waals surface area contributed by atoms with Crippen molar-refractivity contribution in [3.8, 4) is 5.75 Å². The van der Waals surface area contributed by atoms with Gasteiger partial charge in [0.1, 0.15) is 5.75 Å². The molecule has 6 heteroatoms. The minimum Gasteiger partial charge on any atom is -0.494 e. The van der Waals surface area contributed by atoms with Crippen molar-refractivity contribution in [3.05, 3.63) is 63.8 Å². The Morgan fingerprint density at radius 3 is 2.71 bits per heavy atom. The first kappa shape index (κ1) is 16.6. The lowest BCUT2D eigenvalue weighted by atomic mass is 10.1. The molecule has 1 heterocycles. The third kappa shape index (κ3) is 3.16. The summed E-state index contributed by atoms with van der Waals surface area (Å²) in [5.74, 6) is -0.0721. The maximum atomic E-state index is 12.7. The number of anilines is 1. The Kier molecular flexibility index (Phi) is 4.60. The van der Waals surface area contributed by atoms with Gasteiger partial charge in [0, 0.05) is 16.1 Å². The van der Waals surface area contributed by atoms with Crippen molar-refractivity contribution in [2.24, 2.45) is 0 Å². The van der Waals surface area contributed by atoms with E-state index in [2.05, 4.69) is 10.3 Å². The summed E-state index contributed by atoms with van der Waals surface area (Å²) < 4.78 is 5.23. The number of fused-ring (bicyclic) bond motifs is 1. The zero-order valence-corrected chi connectivity index (χ0v) is 14.6. The third-order valence-corrected chi connectivity index (χ3v) is 4.08. The summed E-state index contributed by atoms with van der Waals surface area (Å²) in [6.45, 7) is 1.92. The molecule has 24 heavy (non-hydrogen) atoms. The van der Waals surface area contributed by atoms with Crippen LogP contribution >= 0.6 is 23.2 Å². The average Bonchev–Trinajstić information content (AvgIpc) is 2.54. The second-order valence-electron chi connectivity index (χ2n) is 5.25. The summed E-state index contributed by atoms with van der Waals surface area (Å²) in [5.41, 5.74) is 2.65. The zero-order valence-electron chi connectivity index (χ0n) is 13.1. The molecular formula is C18H14Cl2N2O2. The second kappa shape index (κ2) is 6.67. The van der Waals surface area contributed by atoms with Crippen LogP contribution in [0.3, 0.4) is 0 Å². The van der Waals surface area contributed by atoms with E-state index in [9.17, 15) is 4.79 Å². The quantitative estimate of drug-likeness (QED) is 0.705. The van der Waals surface area contributed by atoms with Crippen molar-refractivity contribution < 1.29 is 9.53 Å². The van der Waals surface area contributed by atoms with Gasteiger partial charge in [0.05, 0.1) is 28.9 Å². The Hall–Kier alpha value is -2.30. The molecule has 0 aliphatic heterocycles. The first-order chi connectivity index (χ1) is 11.5. The number of aryl methyl sites for hydroxylation is 1. The van der Waals surface area contributed by atoms with Crippen molar-refractivity contribution in [3.63, 3.8) is 0 Å². The fourth-order valence-corrected chi connectivity index (χ4v) is 3.06. The van der Waals surface area contributed by atoms with E-state index >= 15 is 0 Å². The van der Waals surface area contributed by atoms with Gasteiger partial charge in [-0.25, -0.2) is 0 Å². The normalized spacial score (nSPS) is 10.7. The van der Waals surface area contributed by atoms with Crippen molar-refractivity contribution in [2.75, 3.05) is 12.4 Å². The first-order valence-corrected chi connectivity index (χ1v) is 7.96. The SMILES string of the molecule is COc1c(Cl)cc(Cl)cc1C(=O)Nc1cccc2nc(C)ccc12. The van der Waals surface area contributed by atoms with Crippen LogP contribution in [0.15, 0.2) is 42.5 Å². The number of amides is 1. The molecule has 122 valence electrons. The van der Waals surface area contributed by atoms with Gasteiger partial charge in [-0.1, -0.05) is 29.3 Å². The van der Waals surface area contributed by atoms with Crippen LogP contribution < -0.4 is 10.1 Å². The van der Waals surface area contributed by atoms with Gasteiger partial charge in [0.2, 0.25) is 0 Å². The Balaban J connectivity index is 2.02. The second-order valence-corrected chi connectivity index (χ2v) is 6.09. The molecule has 0 fully saturated rings. The van der Waals surface area contributed by atoms with Gasteiger partial charge in [-0.05, 0) is 43.3 Å². The van der Waals surface area contributed by atoms with E-state index in [1.54, 1.807) is 0 Å². The summed E-state index contributed by atoms with van der Waals surface area (Å²) in [5, 5.41) is 4.37. The third-order valence-electron chi connectivity index (χ3n) is 3.58. The number of benzene rings is 2. The fourth-order valence-electron chi connectivity index (χ4n) is 2.49. The van der Waals surface area contributed by atoms with Crippen LogP contribution in [0.5, 0.6) is 5.75 Å². The molecule has 4 nitrogen and oxygen atoms in total. The van der Waals surface area contributed by atoms with Crippen molar-refractivity contribution in [1.82, 2.24) is 4.98 Å². The van der Waals surface area contributed by atoms with Crippen LogP contribution in [-0.4, -0.2) is 18.0 Å². The molecule has 1 N–H and O–H groups in total. The highest BCUT2D eigenvalue weighted by molar-refractivity contribution is 6.36. The molecule has 1 amide bonds. The van der Waals surface area contributed by atoms with Crippen LogP contribution in [0.4, 0.5) is 5.69 Å². The number of nitrogens with zero attached hydrogens (tertiary/aromatic N) is 1. The van der Waals surface area contributed by atoms with Crippen LogP contribution in [0, 0.1) is 6.92 Å². The maximum absolute atomic E-state index is 12.7. The summed E-state index contributed by atoms with van der Waals surface area (Å²) in [7, 11) is 1.45. The van der Waals surface area contributed by atoms with Gasteiger partial charge in [0.15, 0.2) is 0 Å². The van der Waals surface area contributed by atoms with Gasteiger partial charge in [-0.3, -0.25) is 9.78 Å². The van der Waals surface area contributed by atoms with E-state index < -0.39 is 0 Å². The predicted molar refractivity (Wildman–Crippen MR) is 97.4 cm³/mol. The number of hydrogen-bond donors (Lipinski definition) is 1. The Labute approximate surface area is 149 Å². The molecule has 0 aliphatic rings. The van der Waals surface area contributed by atoms with E-state index in [1.807, 2.05) is 37.3 Å². The lowest BCUT2D eigenvalue weighted by Crippen LogP contribution is -2.14. The van der Waals surface area contributed by atoms with Gasteiger partial charge >= 0.3 is 0 Å². The molecule has 0 aliphatic carbocycles. The van der Waals surface area contributed by atoms with Gasteiger partial charge < -0.3 is 10.1 Å². The fraction of sp³-hybridized carbons (Fsp3) is 0.111. The number of halogens is 2. The topological polar surface area (TPSA) is 51.2 Å². The lowest BCUT2D eigenvalue weighted by Gasteiger charge is -2.13. The standard InChI is InChI=1S/C18H14Cl2N2O2/c1-10-6-7-12-15(21-10)4-3-5-16(12)22-18(23)13-8-11(19)9-14(20)17(13)24-2/h3-9H,1-2H3,(H,22,23). The highest BCUT2D eigenvalue weighted by Gasteiger charge is 2.17. The van der Waals surface area contributed by atoms with Crippen molar-refractivity contribution in [1.29, 1.82) is 0 Å². The van der Waals surface area contributed by atoms with Gasteiger partial charge in [-0.15, -0.1) is 0 Å². The van der Waals surface area contributed by atoms with Crippen LogP contribution in [-0.2, 0) is 0 Å². The van der Waals surface area contributed by atoms with Crippen molar-refractivity contribution in [2.45, 2.75) is 6.92 Å². The number of carbonyl (C=O) groups is 1. The van der Waals surface area contributed by atoms with Crippen molar-refractivity contribution >= 4 is 45.7 Å². The number of ether oxygens (including phenoxy) is 1. The van der Waals surface area contributed by atoms with Gasteiger partial charge in [0.25, 0.3) is 5.91 Å². The number of rotatable bonds is 3. The zero-order chi connectivity index (χ0) is 17.3. The lowest BCUT2D eigenvalue weighted by molar-refractivity contribution is 0.102. The molecule has 0 saturated carbocycles. The molecule has 2 aromatic carbocycles. The van der Waals surface area contributed by atoms with E-state index in [0.29, 0.717) is 10.7 Å². The van der Waals surface area contributed by atoms with Crippen LogP contribution in [0.2, 0.25) is 10.0 Å². The predicted octanol–water partition coefficient (Wildman–Crippen LogP) is 5.11. The summed E-state index contributed by atoms with van der Waals surface area (Å²) in [6, 6.07) is 12.4. The van der Waals surface area contributed by atoms with E-state index in [4.69, 9.17) is 27.9 Å². The molecule has 0 saturated heterocycles. The van der Waals surface area contributed by atoms with Crippen LogP contribution in [0.25, 0.3) is 10.9 Å². The largest absolute Gasteiger partial charge is 0.494 e. The van der Waals surface area contributed by atoms with Gasteiger partial charge in [-0.2, -0.15) is 0 Å². The number of nitrogens with one attached hydrogen (secondary N) is 1. The number of aromatic nitrogens is 1. The maximum Gasteiger partial charge on any atom is 0.259 e. The monoisotopic (exact) mass is 360 g/mol. The Morgan fingerprint density at radius 1 is 1.17 bits per heavy atom. The Bertz CT molecular complexity index is 942. The number of carbonyl (C=O) groups excluding carboxylic acids is 1. The average molecular weight is 361 g/mol. The number of methoxy groups -OCH3 is 1. The molecule has 0 atom stereocenters. The molecule has 3 rings (SSSR count). The molecule has 0 bridgehead atoms. The molecule has 0 spiro atoms. The van der Waals surface area contributed by atoms with E-state index in [0.717, 1.165) is 16.6 Å². The number of hydrogen-bond acceptors (Lipinski definition) is 3. The van der Waals surface area contributed by atoms with E-state index in [-0.39, 0.29) is 22.2 Å². The van der Waals surface area contributed by atoms with Crippen LogP contribution in [0.1, 0.15) is 16.1 Å². The minimum atomic E-state index is -0.357. The summed E-state index contributed by atoms with van der Waals surface area (Å²) in [6.07, 6.45) is 0. The molecule has 3 aromatic rings. The minimum absolute atomic E-state index is 0.270. The smallest absolute Gasteiger partial charge is 0.259 e. The Morgan fingerprint density at radius 2 is 1.96 bits per heavy atom. The molecule has 1 aromatic heterocycles. The first-order valence-electron chi connectivity index (χ1n) is 7.20. The van der Waals surface area contributed by atoms with E-state index in [1.165, 1.54) is 19.2 Å². The molecule has 0 radical (unpaired) electrons. The summed E-state index contributed by atoms with van der Waals surface area (Å²) >= 11 is 12.1. The summed E-state index contributed by atoms with van der Waals surface area (Å²) in [4.78, 5) is 17.1. The molecular weight excluding hydrogens is 347 g/mol. The molecule has 0 unspecified atom stereocenters. The highest BCUT2D eigenvalue weighted by Crippen LogP contribution is 2.33.